The van der Waals surface area contributed by atoms with Gasteiger partial charge in [0.15, 0.2) is 0 Å². The maximum Gasteiger partial charge on any atom is 0.248 e. The molecule has 25 heavy (non-hydrogen) atoms. The molecule has 2 aliphatic heterocycles. The fraction of sp³-hybridized carbons (Fsp3) is 0.579. The van der Waals surface area contributed by atoms with Crippen molar-refractivity contribution >= 4 is 5.91 Å². The van der Waals surface area contributed by atoms with Crippen LogP contribution in [0, 0.1) is 17.2 Å². The van der Waals surface area contributed by atoms with E-state index in [0.717, 1.165) is 31.6 Å². The van der Waals surface area contributed by atoms with Crippen molar-refractivity contribution in [3.8, 4) is 6.07 Å². The molecule has 0 saturated carbocycles. The predicted octanol–water partition coefficient (Wildman–Crippen LogP) is 0.990. The number of hydrogen-bond acceptors (Lipinski definition) is 5. The van der Waals surface area contributed by atoms with Gasteiger partial charge in [-0.1, -0.05) is 12.1 Å². The smallest absolute Gasteiger partial charge is 0.248 e. The molecule has 1 aromatic rings. The number of ether oxygens (including phenoxy) is 1. The minimum atomic E-state index is -0.662. The monoisotopic (exact) mass is 343 g/mol. The molecule has 1 N–H and O–H groups in total. The number of fused-ring (bicyclic) bond motifs is 1. The van der Waals surface area contributed by atoms with Crippen LogP contribution in [0.2, 0.25) is 0 Å². The molecule has 3 rings (SSSR count). The highest BCUT2D eigenvalue weighted by atomic mass is 16.5. The van der Waals surface area contributed by atoms with Crippen molar-refractivity contribution in [3.05, 3.63) is 35.4 Å². The highest BCUT2D eigenvalue weighted by Gasteiger charge is 2.45. The third kappa shape index (κ3) is 4.01. The van der Waals surface area contributed by atoms with E-state index in [2.05, 4.69) is 11.0 Å². The maximum atomic E-state index is 12.1. The molecule has 2 heterocycles. The van der Waals surface area contributed by atoms with Crippen LogP contribution in [-0.2, 0) is 16.1 Å². The van der Waals surface area contributed by atoms with Crippen molar-refractivity contribution in [2.75, 3.05) is 39.9 Å². The van der Waals surface area contributed by atoms with Crippen LogP contribution in [0.3, 0.4) is 0 Å². The highest BCUT2D eigenvalue weighted by molar-refractivity contribution is 5.77. The van der Waals surface area contributed by atoms with Crippen molar-refractivity contribution < 1.29 is 14.6 Å². The van der Waals surface area contributed by atoms with E-state index >= 15 is 0 Å². The molecule has 0 spiro atoms. The standard InChI is InChI=1S/C19H25N3O3/c1-25-14-18(23)22-9-7-19(24)6-8-21(12-17(19)13-22)11-16-4-2-15(10-20)3-5-16/h2-5,17,24H,6-9,11-14H2,1H3/t17-,19-/m1/s1. The van der Waals surface area contributed by atoms with Crippen LogP contribution in [0.5, 0.6) is 0 Å². The van der Waals surface area contributed by atoms with Crippen LogP contribution in [0.25, 0.3) is 0 Å². The third-order valence-electron chi connectivity index (χ3n) is 5.46. The molecule has 6 heteroatoms. The lowest BCUT2D eigenvalue weighted by molar-refractivity contribution is -0.150. The van der Waals surface area contributed by atoms with E-state index < -0.39 is 5.60 Å². The van der Waals surface area contributed by atoms with Crippen LogP contribution in [-0.4, -0.2) is 66.3 Å². The Hall–Kier alpha value is -1.94. The number of amides is 1. The van der Waals surface area contributed by atoms with E-state index in [9.17, 15) is 9.90 Å². The molecule has 2 fully saturated rings. The van der Waals surface area contributed by atoms with Crippen LogP contribution in [0.4, 0.5) is 0 Å². The number of hydrogen-bond donors (Lipinski definition) is 1. The molecular formula is C19H25N3O3. The summed E-state index contributed by atoms with van der Waals surface area (Å²) in [4.78, 5) is 16.2. The summed E-state index contributed by atoms with van der Waals surface area (Å²) < 4.78 is 4.95. The van der Waals surface area contributed by atoms with Gasteiger partial charge in [-0.25, -0.2) is 0 Å². The zero-order chi connectivity index (χ0) is 17.9. The maximum absolute atomic E-state index is 12.1. The van der Waals surface area contributed by atoms with E-state index in [-0.39, 0.29) is 18.4 Å². The Balaban J connectivity index is 1.62. The second kappa shape index (κ2) is 7.52. The Morgan fingerprint density at radius 1 is 1.32 bits per heavy atom. The first-order chi connectivity index (χ1) is 12.0. The van der Waals surface area contributed by atoms with Crippen LogP contribution in [0.15, 0.2) is 24.3 Å². The quantitative estimate of drug-likeness (QED) is 0.882. The van der Waals surface area contributed by atoms with Gasteiger partial charge in [0, 0.05) is 45.8 Å². The van der Waals surface area contributed by atoms with Gasteiger partial charge in [-0.2, -0.15) is 5.26 Å². The summed E-state index contributed by atoms with van der Waals surface area (Å²) in [6.45, 7) is 3.70. The number of carbonyl (C=O) groups excluding carboxylic acids is 1. The molecule has 134 valence electrons. The number of piperidine rings is 2. The number of methoxy groups -OCH3 is 1. The van der Waals surface area contributed by atoms with Gasteiger partial charge in [0.05, 0.1) is 17.2 Å². The zero-order valence-corrected chi connectivity index (χ0v) is 14.6. The molecule has 6 nitrogen and oxygen atoms in total. The summed E-state index contributed by atoms with van der Waals surface area (Å²) in [5, 5.41) is 19.8. The SMILES string of the molecule is COCC(=O)N1CC[C@]2(O)CCN(Cc3ccc(C#N)cc3)C[C@@H]2C1. The van der Waals surface area contributed by atoms with Crippen molar-refractivity contribution in [1.82, 2.24) is 9.80 Å². The lowest BCUT2D eigenvalue weighted by Gasteiger charge is -2.50. The lowest BCUT2D eigenvalue weighted by atomic mass is 9.75. The van der Waals surface area contributed by atoms with Gasteiger partial charge in [-0.15, -0.1) is 0 Å². The van der Waals surface area contributed by atoms with E-state index in [1.807, 2.05) is 29.2 Å². The summed E-state index contributed by atoms with van der Waals surface area (Å²) in [7, 11) is 1.53. The average molecular weight is 343 g/mol. The average Bonchev–Trinajstić information content (AvgIpc) is 2.62. The number of rotatable bonds is 4. The highest BCUT2D eigenvalue weighted by Crippen LogP contribution is 2.35. The minimum Gasteiger partial charge on any atom is -0.389 e. The first-order valence-electron chi connectivity index (χ1n) is 8.74. The number of carbonyl (C=O) groups is 1. The molecule has 1 aromatic carbocycles. The van der Waals surface area contributed by atoms with Crippen LogP contribution >= 0.6 is 0 Å². The number of benzene rings is 1. The van der Waals surface area contributed by atoms with Crippen LogP contribution < -0.4 is 0 Å². The van der Waals surface area contributed by atoms with E-state index in [0.29, 0.717) is 25.1 Å². The van der Waals surface area contributed by atoms with Gasteiger partial charge in [0.2, 0.25) is 5.91 Å². The zero-order valence-electron chi connectivity index (χ0n) is 14.6. The molecule has 2 saturated heterocycles. The van der Waals surface area contributed by atoms with Crippen molar-refractivity contribution in [2.45, 2.75) is 25.0 Å². The first kappa shape index (κ1) is 17.9. The molecular weight excluding hydrogens is 318 g/mol. The summed E-state index contributed by atoms with van der Waals surface area (Å²) in [6.07, 6.45) is 1.37. The summed E-state index contributed by atoms with van der Waals surface area (Å²) in [5.41, 5.74) is 1.16. The number of nitriles is 1. The molecule has 0 aliphatic carbocycles. The second-order valence-electron chi connectivity index (χ2n) is 7.12. The molecule has 0 aromatic heterocycles. The van der Waals surface area contributed by atoms with E-state index in [1.54, 1.807) is 0 Å². The largest absolute Gasteiger partial charge is 0.389 e. The van der Waals surface area contributed by atoms with Crippen molar-refractivity contribution in [2.24, 2.45) is 5.92 Å². The van der Waals surface area contributed by atoms with Crippen molar-refractivity contribution in [3.63, 3.8) is 0 Å². The second-order valence-corrected chi connectivity index (χ2v) is 7.12. The normalized spacial score (nSPS) is 26.8. The lowest BCUT2D eigenvalue weighted by Crippen LogP contribution is -2.60. The minimum absolute atomic E-state index is 0.00577. The van der Waals surface area contributed by atoms with Gasteiger partial charge in [-0.3, -0.25) is 9.69 Å². The number of likely N-dealkylation sites (tertiary alicyclic amines) is 2. The fourth-order valence-corrected chi connectivity index (χ4v) is 3.90. The fourth-order valence-electron chi connectivity index (χ4n) is 3.90. The van der Waals surface area contributed by atoms with E-state index in [1.165, 1.54) is 7.11 Å². The summed E-state index contributed by atoms with van der Waals surface area (Å²) >= 11 is 0. The van der Waals surface area contributed by atoms with Gasteiger partial charge >= 0.3 is 0 Å². The number of aliphatic hydroxyl groups is 1. The Morgan fingerprint density at radius 2 is 2.04 bits per heavy atom. The Labute approximate surface area is 148 Å². The van der Waals surface area contributed by atoms with Gasteiger partial charge < -0.3 is 14.7 Å². The first-order valence-corrected chi connectivity index (χ1v) is 8.74. The van der Waals surface area contributed by atoms with Crippen LogP contribution in [0.1, 0.15) is 24.0 Å². The van der Waals surface area contributed by atoms with Crippen molar-refractivity contribution in [1.29, 1.82) is 5.26 Å². The third-order valence-corrected chi connectivity index (χ3v) is 5.46. The summed E-state index contributed by atoms with van der Waals surface area (Å²) in [5.74, 6) is 0.0583. The topological polar surface area (TPSA) is 76.8 Å². The molecule has 0 unspecified atom stereocenters. The Kier molecular flexibility index (Phi) is 5.38. The van der Waals surface area contributed by atoms with Gasteiger partial charge in [0.1, 0.15) is 6.61 Å². The molecule has 1 amide bonds. The Bertz CT molecular complexity index is 655. The van der Waals surface area contributed by atoms with Gasteiger partial charge in [0.25, 0.3) is 0 Å². The molecule has 2 atom stereocenters. The van der Waals surface area contributed by atoms with Gasteiger partial charge in [-0.05, 0) is 30.5 Å². The molecule has 2 aliphatic rings. The predicted molar refractivity (Wildman–Crippen MR) is 92.6 cm³/mol. The number of nitrogens with zero attached hydrogens (tertiary/aromatic N) is 3. The Morgan fingerprint density at radius 3 is 2.72 bits per heavy atom. The van der Waals surface area contributed by atoms with E-state index in [4.69, 9.17) is 10.00 Å². The summed E-state index contributed by atoms with van der Waals surface area (Å²) in [6, 6.07) is 9.76. The molecule has 0 radical (unpaired) electrons. The molecule has 0 bridgehead atoms.